The summed E-state index contributed by atoms with van der Waals surface area (Å²) in [5.41, 5.74) is 13.3. The van der Waals surface area contributed by atoms with Crippen molar-refractivity contribution in [1.29, 1.82) is 0 Å². The van der Waals surface area contributed by atoms with Gasteiger partial charge in [-0.1, -0.05) is 182 Å². The Morgan fingerprint density at radius 1 is 0.406 bits per heavy atom. The maximum atomic E-state index is 6.79. The van der Waals surface area contributed by atoms with E-state index in [1.54, 1.807) is 17.7 Å². The first-order valence-electron chi connectivity index (χ1n) is 22.8. The zero-order chi connectivity index (χ0) is 45.5. The van der Waals surface area contributed by atoms with Crippen molar-refractivity contribution >= 4 is 31.6 Å². The maximum absolute atomic E-state index is 6.79. The van der Waals surface area contributed by atoms with Gasteiger partial charge in [-0.3, -0.25) is 0 Å². The van der Waals surface area contributed by atoms with Gasteiger partial charge in [0.2, 0.25) is 0 Å². The SMILES string of the molecule is c1ccc(-c2nc(-c3ccccc3)nc(-c3cccc4c3C3(c5ccccc5Oc5ccccc53)c3cccc(-c5cc(-c6nc(-c7ccccc7)c7sc8ccccc8c7n6)ncn5)c3-4)n2)cc1. The van der Waals surface area contributed by atoms with Gasteiger partial charge < -0.3 is 4.74 Å². The van der Waals surface area contributed by atoms with E-state index in [1.165, 1.54) is 0 Å². The van der Waals surface area contributed by atoms with E-state index in [9.17, 15) is 0 Å². The summed E-state index contributed by atoms with van der Waals surface area (Å²) < 4.78 is 8.99. The van der Waals surface area contributed by atoms with E-state index in [0.29, 0.717) is 29.0 Å². The summed E-state index contributed by atoms with van der Waals surface area (Å²) in [4.78, 5) is 36.2. The van der Waals surface area contributed by atoms with Crippen LogP contribution in [0.2, 0.25) is 0 Å². The smallest absolute Gasteiger partial charge is 0.179 e. The molecule has 8 aromatic carbocycles. The van der Waals surface area contributed by atoms with Crippen LogP contribution in [-0.2, 0) is 5.41 Å². The molecule has 4 aromatic heterocycles. The van der Waals surface area contributed by atoms with E-state index >= 15 is 0 Å². The first-order valence-corrected chi connectivity index (χ1v) is 23.6. The summed E-state index contributed by atoms with van der Waals surface area (Å²) in [5.74, 6) is 3.86. The molecule has 0 bridgehead atoms. The monoisotopic (exact) mass is 901 g/mol. The van der Waals surface area contributed by atoms with Crippen molar-refractivity contribution < 1.29 is 4.74 Å². The largest absolute Gasteiger partial charge is 0.457 e. The number of fused-ring (bicyclic) bond motifs is 12. The van der Waals surface area contributed by atoms with Crippen LogP contribution in [0.25, 0.3) is 99.6 Å². The highest BCUT2D eigenvalue weighted by Gasteiger charge is 2.53. The lowest BCUT2D eigenvalue weighted by Gasteiger charge is -2.40. The molecule has 2 aliphatic rings. The molecule has 0 radical (unpaired) electrons. The summed E-state index contributed by atoms with van der Waals surface area (Å²) in [7, 11) is 0. The van der Waals surface area contributed by atoms with E-state index in [-0.39, 0.29) is 0 Å². The third-order valence-electron chi connectivity index (χ3n) is 13.4. The Hall–Kier alpha value is -9.05. The van der Waals surface area contributed by atoms with Gasteiger partial charge >= 0.3 is 0 Å². The first-order chi connectivity index (χ1) is 34.2. The molecule has 69 heavy (non-hydrogen) atoms. The lowest BCUT2D eigenvalue weighted by Crippen LogP contribution is -2.32. The number of ether oxygens (including phenoxy) is 1. The van der Waals surface area contributed by atoms with Crippen molar-refractivity contribution in [2.24, 2.45) is 0 Å². The van der Waals surface area contributed by atoms with Crippen molar-refractivity contribution in [3.05, 3.63) is 235 Å². The highest BCUT2D eigenvalue weighted by Crippen LogP contribution is 2.65. The maximum Gasteiger partial charge on any atom is 0.179 e. The summed E-state index contributed by atoms with van der Waals surface area (Å²) in [6.45, 7) is 0. The molecule has 0 unspecified atom stereocenters. The van der Waals surface area contributed by atoms with Crippen LogP contribution in [0, 0.1) is 0 Å². The van der Waals surface area contributed by atoms with E-state index in [4.69, 9.17) is 39.6 Å². The lowest BCUT2D eigenvalue weighted by molar-refractivity contribution is 0.436. The molecule has 12 aromatic rings. The van der Waals surface area contributed by atoms with E-state index in [0.717, 1.165) is 104 Å². The number of aromatic nitrogens is 7. The van der Waals surface area contributed by atoms with Crippen LogP contribution in [0.15, 0.2) is 213 Å². The van der Waals surface area contributed by atoms with Crippen LogP contribution in [0.3, 0.4) is 0 Å². The molecular weight excluding hydrogens is 867 g/mol. The number of thiophene rings is 1. The Bertz CT molecular complexity index is 3910. The van der Waals surface area contributed by atoms with Crippen molar-refractivity contribution in [3.63, 3.8) is 0 Å². The summed E-state index contributed by atoms with van der Waals surface area (Å²) in [6.07, 6.45) is 1.63. The van der Waals surface area contributed by atoms with Crippen LogP contribution >= 0.6 is 11.3 Å². The van der Waals surface area contributed by atoms with Crippen molar-refractivity contribution in [1.82, 2.24) is 34.9 Å². The first kappa shape index (κ1) is 39.1. The minimum Gasteiger partial charge on any atom is -0.457 e. The zero-order valence-electron chi connectivity index (χ0n) is 36.7. The molecule has 0 saturated carbocycles. The number of hydrogen-bond donors (Lipinski definition) is 0. The zero-order valence-corrected chi connectivity index (χ0v) is 37.5. The van der Waals surface area contributed by atoms with Crippen LogP contribution in [0.4, 0.5) is 0 Å². The van der Waals surface area contributed by atoms with Gasteiger partial charge in [0, 0.05) is 49.0 Å². The van der Waals surface area contributed by atoms with E-state index in [1.807, 2.05) is 97.1 Å². The minimum absolute atomic E-state index is 0.533. The molecule has 0 N–H and O–H groups in total. The Morgan fingerprint density at radius 2 is 0.957 bits per heavy atom. The molecule has 322 valence electrons. The quantitative estimate of drug-likeness (QED) is 0.163. The van der Waals surface area contributed by atoms with E-state index in [2.05, 4.69) is 109 Å². The molecule has 14 rings (SSSR count). The molecule has 0 amide bonds. The highest BCUT2D eigenvalue weighted by atomic mass is 32.1. The average Bonchev–Trinajstić information content (AvgIpc) is 3.95. The number of benzene rings is 8. The van der Waals surface area contributed by atoms with Crippen LogP contribution in [-0.4, -0.2) is 34.9 Å². The van der Waals surface area contributed by atoms with Crippen molar-refractivity contribution in [2.75, 3.05) is 0 Å². The Morgan fingerprint density at radius 3 is 1.67 bits per heavy atom. The van der Waals surface area contributed by atoms with Gasteiger partial charge in [-0.05, 0) is 46.5 Å². The normalized spacial score (nSPS) is 12.9. The second kappa shape index (κ2) is 15.5. The molecule has 0 saturated heterocycles. The second-order valence-corrected chi connectivity index (χ2v) is 18.2. The average molecular weight is 902 g/mol. The second-order valence-electron chi connectivity index (χ2n) is 17.2. The molecule has 0 fully saturated rings. The predicted molar refractivity (Wildman–Crippen MR) is 274 cm³/mol. The predicted octanol–water partition coefficient (Wildman–Crippen LogP) is 14.3. The fraction of sp³-hybridized carbons (Fsp3) is 0.0167. The van der Waals surface area contributed by atoms with Crippen LogP contribution in [0.5, 0.6) is 11.5 Å². The number of rotatable bonds is 6. The standard InChI is InChI=1S/C60H35N7OS/c1-4-18-36(19-5-1)53-55-54(40-24-10-15-33-50(40)69-55)64-59(63-53)47-34-46(61-35-62-47)39-25-17-30-45-51(39)41-26-16-27-42(52(41)60(45)43-28-11-13-31-48(43)68-49-32-14-12-29-44(49)60)58-66-56(37-20-6-2-7-21-37)65-57(67-58)38-22-8-3-9-23-38/h1-35H. The van der Waals surface area contributed by atoms with Gasteiger partial charge in [0.25, 0.3) is 0 Å². The number of hydrogen-bond acceptors (Lipinski definition) is 9. The van der Waals surface area contributed by atoms with Gasteiger partial charge in [-0.15, -0.1) is 11.3 Å². The molecule has 0 atom stereocenters. The molecule has 5 heterocycles. The Balaban J connectivity index is 1.04. The van der Waals surface area contributed by atoms with E-state index < -0.39 is 5.41 Å². The third kappa shape index (κ3) is 6.04. The topological polar surface area (TPSA) is 99.5 Å². The van der Waals surface area contributed by atoms with Gasteiger partial charge in [0.1, 0.15) is 23.5 Å². The summed E-state index contributed by atoms with van der Waals surface area (Å²) in [5, 5.41) is 1.09. The number of nitrogens with zero attached hydrogens (tertiary/aromatic N) is 7. The van der Waals surface area contributed by atoms with Crippen LogP contribution < -0.4 is 4.74 Å². The van der Waals surface area contributed by atoms with Crippen molar-refractivity contribution in [3.8, 4) is 90.8 Å². The van der Waals surface area contributed by atoms with Gasteiger partial charge in [0.15, 0.2) is 23.3 Å². The molecular formula is C60H35N7OS. The molecule has 8 nitrogen and oxygen atoms in total. The molecule has 1 aliphatic heterocycles. The van der Waals surface area contributed by atoms with Gasteiger partial charge in [-0.2, -0.15) is 0 Å². The van der Waals surface area contributed by atoms with Crippen LogP contribution in [0.1, 0.15) is 22.3 Å². The Kier molecular flexibility index (Phi) is 8.80. The number of para-hydroxylation sites is 2. The lowest BCUT2D eigenvalue weighted by atomic mass is 9.65. The fourth-order valence-corrected chi connectivity index (χ4v) is 11.6. The summed E-state index contributed by atoms with van der Waals surface area (Å²) in [6, 6.07) is 70.8. The molecule has 1 aliphatic carbocycles. The fourth-order valence-electron chi connectivity index (χ4n) is 10.5. The molecule has 9 heteroatoms. The Labute approximate surface area is 400 Å². The minimum atomic E-state index is -0.857. The third-order valence-corrected chi connectivity index (χ3v) is 14.5. The van der Waals surface area contributed by atoms with Gasteiger partial charge in [0.05, 0.1) is 27.0 Å². The van der Waals surface area contributed by atoms with Gasteiger partial charge in [-0.25, -0.2) is 34.9 Å². The van der Waals surface area contributed by atoms with Crippen molar-refractivity contribution in [2.45, 2.75) is 5.41 Å². The summed E-state index contributed by atoms with van der Waals surface area (Å²) >= 11 is 1.71. The highest BCUT2D eigenvalue weighted by molar-refractivity contribution is 7.26. The molecule has 1 spiro atoms.